The van der Waals surface area contributed by atoms with Crippen LogP contribution in [0.25, 0.3) is 0 Å². The van der Waals surface area contributed by atoms with Crippen molar-refractivity contribution in [3.8, 4) is 0 Å². The second-order valence-corrected chi connectivity index (χ2v) is 9.40. The van der Waals surface area contributed by atoms with Gasteiger partial charge in [0.1, 0.15) is 5.60 Å². The van der Waals surface area contributed by atoms with Crippen LogP contribution in [0.1, 0.15) is 40.2 Å². The van der Waals surface area contributed by atoms with Crippen molar-refractivity contribution in [2.45, 2.75) is 51.4 Å². The van der Waals surface area contributed by atoms with Gasteiger partial charge >= 0.3 is 6.09 Å². The molecule has 0 aromatic heterocycles. The monoisotopic (exact) mass is 522 g/mol. The van der Waals surface area contributed by atoms with Gasteiger partial charge < -0.3 is 15.4 Å². The van der Waals surface area contributed by atoms with Gasteiger partial charge in [-0.2, -0.15) is 11.8 Å². The van der Waals surface area contributed by atoms with Crippen LogP contribution >= 0.6 is 35.7 Å². The number of carbonyl (C=O) groups excluding carboxylic acids is 1. The van der Waals surface area contributed by atoms with Gasteiger partial charge in [-0.15, -0.1) is 24.0 Å². The van der Waals surface area contributed by atoms with E-state index < -0.39 is 11.7 Å². The zero-order valence-electron chi connectivity index (χ0n) is 18.0. The Morgan fingerprint density at radius 3 is 2.21 bits per heavy atom. The number of amides is 1. The third kappa shape index (κ3) is 11.6. The Bertz CT molecular complexity index is 628. The molecule has 1 aromatic rings. The number of halogens is 1. The highest BCUT2D eigenvalue weighted by Gasteiger charge is 2.17. The number of nitrogens with zero attached hydrogens (tertiary/aromatic N) is 1. The Hall–Kier alpha value is -1.16. The lowest BCUT2D eigenvalue weighted by Crippen LogP contribution is -2.43. The van der Waals surface area contributed by atoms with Crippen molar-refractivity contribution >= 4 is 53.5 Å². The molecule has 160 valence electrons. The number of benzene rings is 1. The molecule has 3 N–H and O–H groups in total. The molecule has 0 spiro atoms. The molecule has 8 heteroatoms. The third-order valence-electron chi connectivity index (χ3n) is 3.76. The van der Waals surface area contributed by atoms with Gasteiger partial charge in [0, 0.05) is 30.6 Å². The van der Waals surface area contributed by atoms with Crippen molar-refractivity contribution in [3.05, 3.63) is 29.8 Å². The van der Waals surface area contributed by atoms with E-state index in [2.05, 4.69) is 41.0 Å². The van der Waals surface area contributed by atoms with Crippen LogP contribution in [0.2, 0.25) is 0 Å². The van der Waals surface area contributed by atoms with Crippen LogP contribution in [0.15, 0.2) is 29.3 Å². The maximum Gasteiger partial charge on any atom is 0.412 e. The number of hydrogen-bond acceptors (Lipinski definition) is 4. The number of aliphatic imine (C=N–C) groups is 1. The molecule has 0 atom stereocenters. The fraction of sp³-hybridized carbons (Fsp3) is 0.600. The number of ether oxygens (including phenoxy) is 1. The molecule has 0 saturated carbocycles. The topological polar surface area (TPSA) is 74.8 Å². The maximum absolute atomic E-state index is 11.8. The van der Waals surface area contributed by atoms with Crippen LogP contribution in [0, 0.1) is 0 Å². The first-order valence-corrected chi connectivity index (χ1v) is 10.4. The molecule has 28 heavy (non-hydrogen) atoms. The highest BCUT2D eigenvalue weighted by atomic mass is 127. The van der Waals surface area contributed by atoms with Crippen LogP contribution < -0.4 is 16.0 Å². The second-order valence-electron chi connectivity index (χ2n) is 7.89. The minimum atomic E-state index is -0.507. The van der Waals surface area contributed by atoms with E-state index in [1.807, 2.05) is 56.8 Å². The van der Waals surface area contributed by atoms with Gasteiger partial charge in [0.15, 0.2) is 5.96 Å². The predicted octanol–water partition coefficient (Wildman–Crippen LogP) is 4.50. The van der Waals surface area contributed by atoms with Crippen molar-refractivity contribution in [1.29, 1.82) is 0 Å². The van der Waals surface area contributed by atoms with Crippen molar-refractivity contribution < 1.29 is 9.53 Å². The summed E-state index contributed by atoms with van der Waals surface area (Å²) in [4.78, 5) is 16.0. The first kappa shape index (κ1) is 26.8. The molecule has 6 nitrogen and oxygen atoms in total. The number of rotatable bonds is 7. The first-order valence-electron chi connectivity index (χ1n) is 9.13. The van der Waals surface area contributed by atoms with Gasteiger partial charge in [-0.1, -0.05) is 12.1 Å². The summed E-state index contributed by atoms with van der Waals surface area (Å²) in [7, 11) is 1.78. The van der Waals surface area contributed by atoms with Crippen LogP contribution in [0.3, 0.4) is 0 Å². The number of thioether (sulfide) groups is 1. The molecule has 0 saturated heterocycles. The normalized spacial score (nSPS) is 12.0. The quantitative estimate of drug-likeness (QED) is 0.280. The van der Waals surface area contributed by atoms with Crippen molar-refractivity contribution in [2.24, 2.45) is 4.99 Å². The summed E-state index contributed by atoms with van der Waals surface area (Å²) in [5, 5.41) is 9.42. The van der Waals surface area contributed by atoms with Gasteiger partial charge in [0.05, 0.1) is 0 Å². The van der Waals surface area contributed by atoms with Gasteiger partial charge in [-0.05, 0) is 65.0 Å². The van der Waals surface area contributed by atoms with Crippen molar-refractivity contribution in [2.75, 3.05) is 31.7 Å². The van der Waals surface area contributed by atoms with Gasteiger partial charge in [0.2, 0.25) is 0 Å². The highest BCUT2D eigenvalue weighted by molar-refractivity contribution is 14.0. The SMILES string of the molecule is CN=C(NCCc1ccc(NC(=O)OC(C)(C)C)cc1)NCC(C)(C)SC.I. The molecule has 0 heterocycles. The standard InChI is InChI=1S/C20H34N4O2S.HI/c1-19(2,3)26-18(25)24-16-10-8-15(9-11-16)12-13-22-17(21-6)23-14-20(4,5)27-7;/h8-11H,12-14H2,1-7H3,(H,24,25)(H2,21,22,23);1H. The molecule has 1 aromatic carbocycles. The molecule has 0 fully saturated rings. The lowest BCUT2D eigenvalue weighted by molar-refractivity contribution is 0.0636. The lowest BCUT2D eigenvalue weighted by atomic mass is 10.1. The predicted molar refractivity (Wildman–Crippen MR) is 132 cm³/mol. The third-order valence-corrected chi connectivity index (χ3v) is 5.01. The Labute approximate surface area is 191 Å². The van der Waals surface area contributed by atoms with Gasteiger partial charge in [-0.25, -0.2) is 4.79 Å². The summed E-state index contributed by atoms with van der Waals surface area (Å²) in [6.45, 7) is 11.5. The highest BCUT2D eigenvalue weighted by Crippen LogP contribution is 2.19. The molecule has 0 unspecified atom stereocenters. The molecule has 1 amide bonds. The molecular weight excluding hydrogens is 487 g/mol. The number of anilines is 1. The number of nitrogens with one attached hydrogen (secondary N) is 3. The minimum Gasteiger partial charge on any atom is -0.444 e. The van der Waals surface area contributed by atoms with E-state index in [-0.39, 0.29) is 28.7 Å². The van der Waals surface area contributed by atoms with Crippen molar-refractivity contribution in [3.63, 3.8) is 0 Å². The second kappa shape index (κ2) is 12.4. The van der Waals surface area contributed by atoms with Crippen LogP contribution in [0.5, 0.6) is 0 Å². The average Bonchev–Trinajstić information content (AvgIpc) is 2.57. The zero-order valence-corrected chi connectivity index (χ0v) is 21.2. The van der Waals surface area contributed by atoms with E-state index in [1.54, 1.807) is 7.05 Å². The van der Waals surface area contributed by atoms with Gasteiger partial charge in [-0.3, -0.25) is 10.3 Å². The largest absolute Gasteiger partial charge is 0.444 e. The summed E-state index contributed by atoms with van der Waals surface area (Å²) in [6.07, 6.45) is 2.53. The van der Waals surface area contributed by atoms with E-state index in [4.69, 9.17) is 4.74 Å². The zero-order chi connectivity index (χ0) is 20.5. The Balaban J connectivity index is 0.00000729. The summed E-state index contributed by atoms with van der Waals surface area (Å²) in [5.41, 5.74) is 1.39. The molecule has 1 rings (SSSR count). The Morgan fingerprint density at radius 2 is 1.71 bits per heavy atom. The summed E-state index contributed by atoms with van der Waals surface area (Å²) < 4.78 is 5.41. The smallest absolute Gasteiger partial charge is 0.412 e. The van der Waals surface area contributed by atoms with Crippen LogP contribution in [-0.2, 0) is 11.2 Å². The number of guanidine groups is 1. The molecule has 0 radical (unpaired) electrons. The van der Waals surface area contributed by atoms with E-state index in [0.717, 1.165) is 31.2 Å². The molecule has 0 aliphatic rings. The van der Waals surface area contributed by atoms with E-state index in [0.29, 0.717) is 0 Å². The van der Waals surface area contributed by atoms with E-state index in [1.165, 1.54) is 5.56 Å². The Kier molecular flexibility index (Phi) is 11.9. The summed E-state index contributed by atoms with van der Waals surface area (Å²) >= 11 is 1.82. The Morgan fingerprint density at radius 1 is 1.11 bits per heavy atom. The minimum absolute atomic E-state index is 0. The lowest BCUT2D eigenvalue weighted by Gasteiger charge is -2.23. The molecule has 0 bridgehead atoms. The number of hydrogen-bond donors (Lipinski definition) is 3. The first-order chi connectivity index (χ1) is 12.5. The number of carbonyl (C=O) groups is 1. The summed E-state index contributed by atoms with van der Waals surface area (Å²) in [5.74, 6) is 0.806. The fourth-order valence-corrected chi connectivity index (χ4v) is 2.31. The van der Waals surface area contributed by atoms with Crippen LogP contribution in [0.4, 0.5) is 10.5 Å². The average molecular weight is 522 g/mol. The molecule has 0 aliphatic heterocycles. The molecular formula is C20H35IN4O2S. The van der Waals surface area contributed by atoms with Crippen molar-refractivity contribution in [1.82, 2.24) is 10.6 Å². The fourth-order valence-electron chi connectivity index (χ4n) is 2.09. The maximum atomic E-state index is 11.8. The molecule has 0 aliphatic carbocycles. The van der Waals surface area contributed by atoms with Crippen LogP contribution in [-0.4, -0.2) is 48.8 Å². The van der Waals surface area contributed by atoms with E-state index >= 15 is 0 Å². The summed E-state index contributed by atoms with van der Waals surface area (Å²) in [6, 6.07) is 7.77. The van der Waals surface area contributed by atoms with E-state index in [9.17, 15) is 4.79 Å². The van der Waals surface area contributed by atoms with Gasteiger partial charge in [0.25, 0.3) is 0 Å².